The Morgan fingerprint density at radius 3 is 2.73 bits per heavy atom. The molecule has 2 heterocycles. The predicted octanol–water partition coefficient (Wildman–Crippen LogP) is 3.05. The molecule has 0 spiro atoms. The van der Waals surface area contributed by atoms with Gasteiger partial charge in [-0.3, -0.25) is 4.79 Å². The normalized spacial score (nSPS) is 10.6. The summed E-state index contributed by atoms with van der Waals surface area (Å²) in [5, 5.41) is 4.33. The maximum Gasteiger partial charge on any atom is 0.289 e. The van der Waals surface area contributed by atoms with E-state index < -0.39 is 0 Å². The lowest BCUT2D eigenvalue weighted by Gasteiger charge is -2.14. The minimum absolute atomic E-state index is 0.130. The number of aryl methyl sites for hydroxylation is 1. The number of rotatable bonds is 4. The molecule has 0 aliphatic carbocycles. The minimum Gasteiger partial charge on any atom is -0.459 e. The highest BCUT2D eigenvalue weighted by molar-refractivity contribution is 5.92. The molecule has 0 fully saturated rings. The third-order valence-electron chi connectivity index (χ3n) is 3.48. The molecule has 0 saturated heterocycles. The first kappa shape index (κ1) is 14.1. The van der Waals surface area contributed by atoms with Crippen LogP contribution >= 0.6 is 0 Å². The molecule has 1 amide bonds. The Hall–Kier alpha value is -2.82. The fourth-order valence-corrected chi connectivity index (χ4v) is 2.27. The summed E-state index contributed by atoms with van der Waals surface area (Å²) in [5.41, 5.74) is 2.80. The molecule has 112 valence electrons. The molecule has 3 aromatic rings. The van der Waals surface area contributed by atoms with Gasteiger partial charge in [-0.2, -0.15) is 5.10 Å². The number of amides is 1. The second-order valence-corrected chi connectivity index (χ2v) is 5.22. The lowest BCUT2D eigenvalue weighted by molar-refractivity contribution is 0.0752. The van der Waals surface area contributed by atoms with E-state index in [2.05, 4.69) is 5.10 Å². The maximum atomic E-state index is 12.3. The van der Waals surface area contributed by atoms with Crippen molar-refractivity contribution < 1.29 is 9.21 Å². The van der Waals surface area contributed by atoms with Gasteiger partial charge in [-0.15, -0.1) is 0 Å². The second kappa shape index (κ2) is 5.89. The van der Waals surface area contributed by atoms with Gasteiger partial charge in [0.25, 0.3) is 5.91 Å². The smallest absolute Gasteiger partial charge is 0.289 e. The standard InChI is InChI=1S/C17H17N3O2/c1-13-8-9-22-16(13)17(21)19(2)11-14-10-18-20(12-14)15-6-4-3-5-7-15/h3-10,12H,11H2,1-2H3. The number of hydrogen-bond acceptors (Lipinski definition) is 3. The van der Waals surface area contributed by atoms with Gasteiger partial charge in [-0.1, -0.05) is 18.2 Å². The number of furan rings is 1. The van der Waals surface area contributed by atoms with Crippen LogP contribution in [0.3, 0.4) is 0 Å². The molecule has 0 N–H and O–H groups in total. The van der Waals surface area contributed by atoms with Gasteiger partial charge in [-0.05, 0) is 25.1 Å². The zero-order valence-corrected chi connectivity index (χ0v) is 12.6. The van der Waals surface area contributed by atoms with E-state index in [1.165, 1.54) is 6.26 Å². The summed E-state index contributed by atoms with van der Waals surface area (Å²) < 4.78 is 7.04. The van der Waals surface area contributed by atoms with Crippen LogP contribution in [0.4, 0.5) is 0 Å². The minimum atomic E-state index is -0.130. The third kappa shape index (κ3) is 2.79. The van der Waals surface area contributed by atoms with Crippen molar-refractivity contribution in [2.45, 2.75) is 13.5 Å². The zero-order chi connectivity index (χ0) is 15.5. The summed E-state index contributed by atoms with van der Waals surface area (Å²) in [4.78, 5) is 13.9. The van der Waals surface area contributed by atoms with Crippen molar-refractivity contribution in [1.29, 1.82) is 0 Å². The van der Waals surface area contributed by atoms with Crippen molar-refractivity contribution in [3.63, 3.8) is 0 Å². The molecule has 0 saturated carbocycles. The van der Waals surface area contributed by atoms with E-state index in [9.17, 15) is 4.79 Å². The number of carbonyl (C=O) groups excluding carboxylic acids is 1. The van der Waals surface area contributed by atoms with Crippen LogP contribution in [0, 0.1) is 6.92 Å². The first-order valence-corrected chi connectivity index (χ1v) is 7.03. The Morgan fingerprint density at radius 2 is 2.05 bits per heavy atom. The molecule has 0 aliphatic rings. The number of benzene rings is 1. The van der Waals surface area contributed by atoms with Crippen molar-refractivity contribution in [3.8, 4) is 5.69 Å². The number of hydrogen-bond donors (Lipinski definition) is 0. The molecule has 1 aromatic carbocycles. The Labute approximate surface area is 128 Å². The molecule has 0 atom stereocenters. The third-order valence-corrected chi connectivity index (χ3v) is 3.48. The van der Waals surface area contributed by atoms with Crippen LogP contribution in [-0.4, -0.2) is 27.6 Å². The molecule has 2 aromatic heterocycles. The molecule has 3 rings (SSSR count). The summed E-state index contributed by atoms with van der Waals surface area (Å²) in [6.45, 7) is 2.34. The van der Waals surface area contributed by atoms with Crippen LogP contribution in [0.1, 0.15) is 21.7 Å². The van der Waals surface area contributed by atoms with Crippen LogP contribution in [0.2, 0.25) is 0 Å². The molecule has 0 radical (unpaired) electrons. The summed E-state index contributed by atoms with van der Waals surface area (Å²) in [6, 6.07) is 11.6. The molecule has 5 nitrogen and oxygen atoms in total. The van der Waals surface area contributed by atoms with Crippen LogP contribution in [0.25, 0.3) is 5.69 Å². The Bertz CT molecular complexity index is 774. The second-order valence-electron chi connectivity index (χ2n) is 5.22. The molecular formula is C17H17N3O2. The van der Waals surface area contributed by atoms with E-state index >= 15 is 0 Å². The van der Waals surface area contributed by atoms with E-state index in [-0.39, 0.29) is 5.91 Å². The number of para-hydroxylation sites is 1. The quantitative estimate of drug-likeness (QED) is 0.743. The first-order valence-electron chi connectivity index (χ1n) is 7.03. The van der Waals surface area contributed by atoms with Crippen LogP contribution in [-0.2, 0) is 6.54 Å². The van der Waals surface area contributed by atoms with Crippen molar-refractivity contribution in [2.24, 2.45) is 0 Å². The van der Waals surface area contributed by atoms with Gasteiger partial charge in [0.1, 0.15) is 0 Å². The van der Waals surface area contributed by atoms with E-state index in [4.69, 9.17) is 4.42 Å². The SMILES string of the molecule is Cc1ccoc1C(=O)N(C)Cc1cnn(-c2ccccc2)c1. The highest BCUT2D eigenvalue weighted by Crippen LogP contribution is 2.14. The van der Waals surface area contributed by atoms with Gasteiger partial charge >= 0.3 is 0 Å². The number of nitrogens with zero attached hydrogens (tertiary/aromatic N) is 3. The molecular weight excluding hydrogens is 278 g/mol. The topological polar surface area (TPSA) is 51.3 Å². The van der Waals surface area contributed by atoms with E-state index in [1.54, 1.807) is 28.9 Å². The van der Waals surface area contributed by atoms with Crippen molar-refractivity contribution in [3.05, 3.63) is 71.9 Å². The molecule has 22 heavy (non-hydrogen) atoms. The van der Waals surface area contributed by atoms with Gasteiger partial charge in [0, 0.05) is 30.9 Å². The largest absolute Gasteiger partial charge is 0.459 e. The molecule has 0 bridgehead atoms. The molecule has 5 heteroatoms. The van der Waals surface area contributed by atoms with Gasteiger partial charge in [0.15, 0.2) is 5.76 Å². The highest BCUT2D eigenvalue weighted by atomic mass is 16.3. The van der Waals surface area contributed by atoms with Gasteiger partial charge in [0.2, 0.25) is 0 Å². The van der Waals surface area contributed by atoms with Gasteiger partial charge < -0.3 is 9.32 Å². The van der Waals surface area contributed by atoms with E-state index in [0.717, 1.165) is 16.8 Å². The van der Waals surface area contributed by atoms with Crippen LogP contribution in [0.15, 0.2) is 59.5 Å². The van der Waals surface area contributed by atoms with Crippen molar-refractivity contribution in [1.82, 2.24) is 14.7 Å². The van der Waals surface area contributed by atoms with Crippen LogP contribution < -0.4 is 0 Å². The Balaban J connectivity index is 1.73. The fraction of sp³-hybridized carbons (Fsp3) is 0.176. The average molecular weight is 295 g/mol. The Morgan fingerprint density at radius 1 is 1.27 bits per heavy atom. The molecule has 0 aliphatic heterocycles. The summed E-state index contributed by atoms with van der Waals surface area (Å²) in [7, 11) is 1.75. The van der Waals surface area contributed by atoms with Gasteiger partial charge in [0.05, 0.1) is 18.1 Å². The monoisotopic (exact) mass is 295 g/mol. The van der Waals surface area contributed by atoms with E-state index in [1.807, 2.05) is 43.5 Å². The number of carbonyl (C=O) groups is 1. The maximum absolute atomic E-state index is 12.3. The summed E-state index contributed by atoms with van der Waals surface area (Å²) in [6.07, 6.45) is 5.23. The number of aromatic nitrogens is 2. The average Bonchev–Trinajstić information content (AvgIpc) is 3.16. The fourth-order valence-electron chi connectivity index (χ4n) is 2.27. The lowest BCUT2D eigenvalue weighted by Crippen LogP contribution is -2.26. The lowest BCUT2D eigenvalue weighted by atomic mass is 10.2. The zero-order valence-electron chi connectivity index (χ0n) is 12.6. The van der Waals surface area contributed by atoms with Crippen molar-refractivity contribution in [2.75, 3.05) is 7.05 Å². The highest BCUT2D eigenvalue weighted by Gasteiger charge is 2.18. The van der Waals surface area contributed by atoms with Crippen LogP contribution in [0.5, 0.6) is 0 Å². The first-order chi connectivity index (χ1) is 10.6. The summed E-state index contributed by atoms with van der Waals surface area (Å²) in [5.74, 6) is 0.257. The van der Waals surface area contributed by atoms with Gasteiger partial charge in [-0.25, -0.2) is 4.68 Å². The Kier molecular flexibility index (Phi) is 3.78. The summed E-state index contributed by atoms with van der Waals surface area (Å²) >= 11 is 0. The predicted molar refractivity (Wildman–Crippen MR) is 82.8 cm³/mol. The van der Waals surface area contributed by atoms with E-state index in [0.29, 0.717) is 12.3 Å². The van der Waals surface area contributed by atoms with Crippen molar-refractivity contribution >= 4 is 5.91 Å². The molecule has 0 unspecified atom stereocenters.